The normalized spacial score (nSPS) is 23.7. The number of pyridine rings is 1. The number of H-pyrrole nitrogens is 2. The van der Waals surface area contributed by atoms with Crippen molar-refractivity contribution in [1.29, 1.82) is 0 Å². The fraction of sp³-hybridized carbons (Fsp3) is 0.375. The number of nitrogens with zero attached hydrogens (tertiary/aromatic N) is 3. The van der Waals surface area contributed by atoms with E-state index in [0.29, 0.717) is 0 Å². The lowest BCUT2D eigenvalue weighted by Gasteiger charge is -2.51. The Morgan fingerprint density at radius 1 is 0.947 bits per heavy atom. The van der Waals surface area contributed by atoms with Crippen molar-refractivity contribution in [3.8, 4) is 0 Å². The molecule has 0 aliphatic heterocycles. The standard InChI is InChI=1S/C32H36N6/c33-24-14-16-32(17-15-24,19-30-36-27-11-3-4-12-28(27)37-30)38(21-23-20-35-26-10-2-1-9-25(23)26)29-13-5-7-22-8-6-18-34-31(22)29/h1-4,6,8-12,18,20,24,29,35H,5,7,13-17,19,21,33H2,(H,36,37)/t24-,29?,32-. The van der Waals surface area contributed by atoms with E-state index in [-0.39, 0.29) is 17.6 Å². The van der Waals surface area contributed by atoms with Crippen LogP contribution in [0.25, 0.3) is 21.9 Å². The van der Waals surface area contributed by atoms with Crippen LogP contribution in [0.15, 0.2) is 73.1 Å². The smallest absolute Gasteiger partial charge is 0.109 e. The van der Waals surface area contributed by atoms with Crippen molar-refractivity contribution in [3.63, 3.8) is 0 Å². The minimum absolute atomic E-state index is 0.0566. The molecule has 2 aliphatic rings. The second-order valence-electron chi connectivity index (χ2n) is 11.4. The number of benzene rings is 2. The Bertz CT molecular complexity index is 1520. The molecule has 0 saturated heterocycles. The molecule has 2 aliphatic carbocycles. The van der Waals surface area contributed by atoms with Gasteiger partial charge in [0.15, 0.2) is 0 Å². The number of imidazole rings is 1. The molecule has 6 nitrogen and oxygen atoms in total. The van der Waals surface area contributed by atoms with Gasteiger partial charge >= 0.3 is 0 Å². The zero-order valence-corrected chi connectivity index (χ0v) is 21.9. The Balaban J connectivity index is 1.35. The average Bonchev–Trinajstić information content (AvgIpc) is 3.56. The summed E-state index contributed by atoms with van der Waals surface area (Å²) in [4.78, 5) is 20.0. The van der Waals surface area contributed by atoms with Gasteiger partial charge in [0.05, 0.1) is 22.8 Å². The van der Waals surface area contributed by atoms with Crippen LogP contribution in [0.4, 0.5) is 0 Å². The van der Waals surface area contributed by atoms with Gasteiger partial charge in [-0.05, 0) is 80.3 Å². The van der Waals surface area contributed by atoms with Crippen LogP contribution in [-0.4, -0.2) is 36.4 Å². The molecule has 3 heterocycles. The van der Waals surface area contributed by atoms with Gasteiger partial charge in [0, 0.05) is 47.8 Å². The number of rotatable bonds is 6. The number of hydrogen-bond donors (Lipinski definition) is 3. The van der Waals surface area contributed by atoms with Gasteiger partial charge in [-0.3, -0.25) is 9.88 Å². The summed E-state index contributed by atoms with van der Waals surface area (Å²) in [6.07, 6.45) is 12.7. The van der Waals surface area contributed by atoms with Crippen LogP contribution in [0.3, 0.4) is 0 Å². The molecule has 6 heteroatoms. The predicted molar refractivity (Wildman–Crippen MR) is 153 cm³/mol. The number of nitrogens with two attached hydrogens (primary N) is 1. The van der Waals surface area contributed by atoms with Crippen molar-refractivity contribution < 1.29 is 0 Å². The van der Waals surface area contributed by atoms with Crippen LogP contribution in [0, 0.1) is 0 Å². The number of aryl methyl sites for hydroxylation is 1. The van der Waals surface area contributed by atoms with E-state index in [4.69, 9.17) is 15.7 Å². The SMILES string of the molecule is N[C@H]1CC[C@](Cc2nc3ccccc3[nH]2)(N(Cc2c[nH]c3ccccc23)C2CCCc3cccnc32)CC1. The maximum atomic E-state index is 6.52. The zero-order valence-electron chi connectivity index (χ0n) is 21.9. The first-order valence-electron chi connectivity index (χ1n) is 14.1. The fourth-order valence-electron chi connectivity index (χ4n) is 7.09. The van der Waals surface area contributed by atoms with Gasteiger partial charge in [-0.15, -0.1) is 0 Å². The average molecular weight is 505 g/mol. The molecule has 2 aromatic carbocycles. The van der Waals surface area contributed by atoms with Crippen molar-refractivity contribution in [2.75, 3.05) is 0 Å². The Labute approximate surface area is 223 Å². The lowest BCUT2D eigenvalue weighted by molar-refractivity contribution is -0.00861. The minimum atomic E-state index is -0.0566. The van der Waals surface area contributed by atoms with Gasteiger partial charge in [-0.1, -0.05) is 36.4 Å². The van der Waals surface area contributed by atoms with E-state index in [2.05, 4.69) is 81.7 Å². The third kappa shape index (κ3) is 4.22. The molecular weight excluding hydrogens is 468 g/mol. The molecular formula is C32H36N6. The summed E-state index contributed by atoms with van der Waals surface area (Å²) in [5.41, 5.74) is 13.8. The summed E-state index contributed by atoms with van der Waals surface area (Å²) in [7, 11) is 0. The van der Waals surface area contributed by atoms with E-state index in [1.165, 1.54) is 34.1 Å². The second-order valence-corrected chi connectivity index (χ2v) is 11.4. The van der Waals surface area contributed by atoms with E-state index < -0.39 is 0 Å². The summed E-state index contributed by atoms with van der Waals surface area (Å²) < 4.78 is 0. The lowest BCUT2D eigenvalue weighted by atomic mass is 9.74. The van der Waals surface area contributed by atoms with Crippen molar-refractivity contribution in [2.24, 2.45) is 5.73 Å². The Morgan fingerprint density at radius 2 is 1.76 bits per heavy atom. The molecule has 7 rings (SSSR count). The first-order chi connectivity index (χ1) is 18.7. The highest BCUT2D eigenvalue weighted by Crippen LogP contribution is 2.45. The molecule has 194 valence electrons. The summed E-state index contributed by atoms with van der Waals surface area (Å²) in [5.74, 6) is 1.07. The minimum Gasteiger partial charge on any atom is -0.361 e. The Hall–Kier alpha value is -3.48. The van der Waals surface area contributed by atoms with E-state index in [1.807, 2.05) is 6.20 Å². The number of hydrogen-bond acceptors (Lipinski definition) is 4. The maximum Gasteiger partial charge on any atom is 0.109 e. The Kier molecular flexibility index (Phi) is 6.02. The van der Waals surface area contributed by atoms with E-state index >= 15 is 0 Å². The molecule has 1 atom stereocenters. The van der Waals surface area contributed by atoms with Crippen LogP contribution >= 0.6 is 0 Å². The summed E-state index contributed by atoms with van der Waals surface area (Å²) in [6, 6.07) is 21.9. The molecule has 38 heavy (non-hydrogen) atoms. The summed E-state index contributed by atoms with van der Waals surface area (Å²) >= 11 is 0. The second kappa shape index (κ2) is 9.68. The van der Waals surface area contributed by atoms with Crippen LogP contribution in [-0.2, 0) is 19.4 Å². The molecule has 1 saturated carbocycles. The maximum absolute atomic E-state index is 6.52. The van der Waals surface area contributed by atoms with E-state index in [0.717, 1.165) is 68.3 Å². The first kappa shape index (κ1) is 23.6. The largest absolute Gasteiger partial charge is 0.361 e. The van der Waals surface area contributed by atoms with E-state index in [1.54, 1.807) is 0 Å². The number of aromatic amines is 2. The zero-order chi connectivity index (χ0) is 25.5. The highest BCUT2D eigenvalue weighted by atomic mass is 15.2. The van der Waals surface area contributed by atoms with Crippen molar-refractivity contribution in [1.82, 2.24) is 24.8 Å². The molecule has 1 fully saturated rings. The first-order valence-corrected chi connectivity index (χ1v) is 14.1. The van der Waals surface area contributed by atoms with Crippen LogP contribution < -0.4 is 5.73 Å². The molecule has 5 aromatic rings. The molecule has 1 unspecified atom stereocenters. The third-order valence-corrected chi connectivity index (χ3v) is 9.06. The number of para-hydroxylation sites is 3. The van der Waals surface area contributed by atoms with Crippen LogP contribution in [0.1, 0.15) is 67.2 Å². The highest BCUT2D eigenvalue weighted by Gasteiger charge is 2.45. The van der Waals surface area contributed by atoms with Crippen molar-refractivity contribution in [2.45, 2.75) is 75.5 Å². The van der Waals surface area contributed by atoms with E-state index in [9.17, 15) is 0 Å². The van der Waals surface area contributed by atoms with Gasteiger partial charge in [0.2, 0.25) is 0 Å². The summed E-state index contributed by atoms with van der Waals surface area (Å²) in [6.45, 7) is 0.875. The monoisotopic (exact) mass is 504 g/mol. The molecule has 0 spiro atoms. The van der Waals surface area contributed by atoms with Crippen molar-refractivity contribution >= 4 is 21.9 Å². The van der Waals surface area contributed by atoms with Gasteiger partial charge in [0.25, 0.3) is 0 Å². The third-order valence-electron chi connectivity index (χ3n) is 9.06. The molecule has 0 radical (unpaired) electrons. The van der Waals surface area contributed by atoms with Gasteiger partial charge in [-0.25, -0.2) is 4.98 Å². The van der Waals surface area contributed by atoms with Gasteiger partial charge < -0.3 is 15.7 Å². The molecule has 4 N–H and O–H groups in total. The van der Waals surface area contributed by atoms with Gasteiger partial charge in [-0.2, -0.15) is 0 Å². The van der Waals surface area contributed by atoms with Crippen molar-refractivity contribution in [3.05, 3.63) is 95.7 Å². The fourth-order valence-corrected chi connectivity index (χ4v) is 7.09. The molecule has 3 aromatic heterocycles. The number of nitrogens with one attached hydrogen (secondary N) is 2. The predicted octanol–water partition coefficient (Wildman–Crippen LogP) is 6.20. The van der Waals surface area contributed by atoms with Crippen LogP contribution in [0.2, 0.25) is 0 Å². The topological polar surface area (TPSA) is 86.6 Å². The Morgan fingerprint density at radius 3 is 2.63 bits per heavy atom. The van der Waals surface area contributed by atoms with Crippen LogP contribution in [0.5, 0.6) is 0 Å². The quantitative estimate of drug-likeness (QED) is 0.257. The highest BCUT2D eigenvalue weighted by molar-refractivity contribution is 5.83. The molecule has 0 bridgehead atoms. The summed E-state index contributed by atoms with van der Waals surface area (Å²) in [5, 5.41) is 1.31. The lowest BCUT2D eigenvalue weighted by Crippen LogP contribution is -2.55. The number of aromatic nitrogens is 4. The number of fused-ring (bicyclic) bond motifs is 3. The van der Waals surface area contributed by atoms with Gasteiger partial charge in [0.1, 0.15) is 5.82 Å². The molecule has 0 amide bonds.